The number of carbonyl (C=O) groups excluding carboxylic acids is 2. The number of non-ortho nitro benzene ring substituents is 1. The van der Waals surface area contributed by atoms with E-state index in [1.54, 1.807) is 30.2 Å². The maximum atomic E-state index is 12.4. The van der Waals surface area contributed by atoms with Crippen molar-refractivity contribution >= 4 is 29.0 Å². The molecule has 0 N–H and O–H groups in total. The summed E-state index contributed by atoms with van der Waals surface area (Å²) in [5, 5.41) is 17.7. The predicted octanol–water partition coefficient (Wildman–Crippen LogP) is 2.99. The molecule has 0 amide bonds. The molecule has 150 valence electrons. The lowest BCUT2D eigenvalue weighted by atomic mass is 10.1. The number of nitro groups is 1. The minimum atomic E-state index is -0.810. The van der Waals surface area contributed by atoms with Crippen molar-refractivity contribution in [1.29, 1.82) is 0 Å². The smallest absolute Gasteiger partial charge is 0.338 e. The lowest BCUT2D eigenvalue weighted by molar-refractivity contribution is -0.384. The minimum absolute atomic E-state index is 0.0967. The number of aromatic nitrogens is 3. The molecule has 0 unspecified atom stereocenters. The average molecular weight is 416 g/mol. The van der Waals surface area contributed by atoms with Gasteiger partial charge >= 0.3 is 11.9 Å². The lowest BCUT2D eigenvalue weighted by Gasteiger charge is -2.06. The number of ether oxygens (including phenoxy) is 2. The van der Waals surface area contributed by atoms with Crippen LogP contribution in [0.1, 0.15) is 33.3 Å². The number of hydrogen-bond donors (Lipinski definition) is 0. The Morgan fingerprint density at radius 3 is 2.48 bits per heavy atom. The molecule has 0 aliphatic rings. The average Bonchev–Trinajstić information content (AvgIpc) is 3.34. The molecule has 0 aliphatic heterocycles. The Labute approximate surface area is 168 Å². The van der Waals surface area contributed by atoms with E-state index < -0.39 is 22.5 Å². The van der Waals surface area contributed by atoms with Crippen LogP contribution in [0.2, 0.25) is 0 Å². The molecule has 0 saturated heterocycles. The van der Waals surface area contributed by atoms with Crippen molar-refractivity contribution in [2.75, 3.05) is 6.61 Å². The van der Waals surface area contributed by atoms with E-state index in [4.69, 9.17) is 9.47 Å². The number of carbonyl (C=O) groups is 2. The number of rotatable bonds is 7. The van der Waals surface area contributed by atoms with Gasteiger partial charge in [-0.3, -0.25) is 14.8 Å². The van der Waals surface area contributed by atoms with Crippen molar-refractivity contribution in [3.8, 4) is 10.6 Å². The standard InChI is InChI=1S/C18H16N4O6S/c1-3-27-17(23)11-4-12(6-15(5-11)22(25)26)18(24)28-9-14-10-29-16(20-14)13-7-19-21(2)8-13/h4-8,10H,3,9H2,1-2H3. The Kier molecular flexibility index (Phi) is 5.98. The molecule has 0 fully saturated rings. The molecule has 2 heterocycles. The van der Waals surface area contributed by atoms with Crippen molar-refractivity contribution in [3.05, 3.63) is 62.9 Å². The van der Waals surface area contributed by atoms with Gasteiger partial charge in [-0.15, -0.1) is 11.3 Å². The first kappa shape index (κ1) is 20.1. The van der Waals surface area contributed by atoms with Gasteiger partial charge in [0.2, 0.25) is 0 Å². The second-order valence-corrected chi connectivity index (χ2v) is 6.73. The molecular formula is C18H16N4O6S. The lowest BCUT2D eigenvalue weighted by Crippen LogP contribution is -2.10. The highest BCUT2D eigenvalue weighted by atomic mass is 32.1. The summed E-state index contributed by atoms with van der Waals surface area (Å²) in [6.07, 6.45) is 3.49. The first-order valence-electron chi connectivity index (χ1n) is 8.44. The highest BCUT2D eigenvalue weighted by molar-refractivity contribution is 7.13. The second-order valence-electron chi connectivity index (χ2n) is 5.87. The van der Waals surface area contributed by atoms with Crippen molar-refractivity contribution in [2.45, 2.75) is 13.5 Å². The summed E-state index contributed by atoms with van der Waals surface area (Å²) in [5.41, 5.74) is 0.742. The van der Waals surface area contributed by atoms with E-state index in [0.29, 0.717) is 5.69 Å². The van der Waals surface area contributed by atoms with Gasteiger partial charge in [0.25, 0.3) is 5.69 Å². The quantitative estimate of drug-likeness (QED) is 0.327. The molecule has 29 heavy (non-hydrogen) atoms. The summed E-state index contributed by atoms with van der Waals surface area (Å²) >= 11 is 1.38. The van der Waals surface area contributed by atoms with Gasteiger partial charge in [0.15, 0.2) is 0 Å². The van der Waals surface area contributed by atoms with Gasteiger partial charge in [0.05, 0.1) is 34.5 Å². The molecule has 1 aromatic carbocycles. The van der Waals surface area contributed by atoms with Gasteiger partial charge in [-0.1, -0.05) is 0 Å². The van der Waals surface area contributed by atoms with Crippen LogP contribution in [0, 0.1) is 10.1 Å². The van der Waals surface area contributed by atoms with Gasteiger partial charge in [-0.05, 0) is 13.0 Å². The third-order valence-corrected chi connectivity index (χ3v) is 4.67. The van der Waals surface area contributed by atoms with Crippen LogP contribution < -0.4 is 0 Å². The van der Waals surface area contributed by atoms with Crippen LogP contribution in [0.15, 0.2) is 36.0 Å². The van der Waals surface area contributed by atoms with E-state index in [9.17, 15) is 19.7 Å². The number of esters is 2. The fraction of sp³-hybridized carbons (Fsp3) is 0.222. The Bertz CT molecular complexity index is 1070. The third kappa shape index (κ3) is 4.82. The zero-order valence-electron chi connectivity index (χ0n) is 15.5. The molecule has 0 radical (unpaired) electrons. The number of hydrogen-bond acceptors (Lipinski definition) is 9. The van der Waals surface area contributed by atoms with Gasteiger partial charge in [0, 0.05) is 36.3 Å². The first-order valence-corrected chi connectivity index (χ1v) is 9.32. The number of nitrogens with zero attached hydrogens (tertiary/aromatic N) is 4. The van der Waals surface area contributed by atoms with Crippen LogP contribution in [-0.2, 0) is 23.1 Å². The normalized spacial score (nSPS) is 10.6. The molecule has 0 atom stereocenters. The van der Waals surface area contributed by atoms with Crippen molar-refractivity contribution in [1.82, 2.24) is 14.8 Å². The van der Waals surface area contributed by atoms with Crippen LogP contribution in [0.5, 0.6) is 0 Å². The van der Waals surface area contributed by atoms with Crippen LogP contribution in [0.25, 0.3) is 10.6 Å². The number of thiazole rings is 1. The third-order valence-electron chi connectivity index (χ3n) is 3.73. The van der Waals surface area contributed by atoms with Crippen LogP contribution in [0.3, 0.4) is 0 Å². The largest absolute Gasteiger partial charge is 0.462 e. The van der Waals surface area contributed by atoms with E-state index in [-0.39, 0.29) is 24.3 Å². The highest BCUT2D eigenvalue weighted by Gasteiger charge is 2.20. The maximum Gasteiger partial charge on any atom is 0.338 e. The highest BCUT2D eigenvalue weighted by Crippen LogP contribution is 2.24. The summed E-state index contributed by atoms with van der Waals surface area (Å²) in [4.78, 5) is 39.1. The maximum absolute atomic E-state index is 12.4. The Morgan fingerprint density at radius 1 is 1.21 bits per heavy atom. The van der Waals surface area contributed by atoms with E-state index >= 15 is 0 Å². The molecule has 0 saturated carbocycles. The summed E-state index contributed by atoms with van der Waals surface area (Å²) in [7, 11) is 1.80. The van der Waals surface area contributed by atoms with Crippen LogP contribution >= 0.6 is 11.3 Å². The Balaban J connectivity index is 1.74. The second kappa shape index (κ2) is 8.61. The monoisotopic (exact) mass is 416 g/mol. The summed E-state index contributed by atoms with van der Waals surface area (Å²) in [6, 6.07) is 3.30. The summed E-state index contributed by atoms with van der Waals surface area (Å²) in [6.45, 7) is 1.59. The molecule has 3 aromatic rings. The van der Waals surface area contributed by atoms with E-state index in [1.807, 2.05) is 6.20 Å². The van der Waals surface area contributed by atoms with Gasteiger partial charge in [-0.25, -0.2) is 14.6 Å². The van der Waals surface area contributed by atoms with E-state index in [1.165, 1.54) is 17.4 Å². The topological polar surface area (TPSA) is 126 Å². The molecular weight excluding hydrogens is 400 g/mol. The molecule has 3 rings (SSSR count). The van der Waals surface area contributed by atoms with Crippen LogP contribution in [-0.4, -0.2) is 38.2 Å². The molecule has 10 nitrogen and oxygen atoms in total. The molecule has 0 aliphatic carbocycles. The van der Waals surface area contributed by atoms with Gasteiger partial charge < -0.3 is 9.47 Å². The zero-order chi connectivity index (χ0) is 21.0. The fourth-order valence-electron chi connectivity index (χ4n) is 2.43. The molecule has 11 heteroatoms. The number of benzene rings is 1. The fourth-order valence-corrected chi connectivity index (χ4v) is 3.21. The van der Waals surface area contributed by atoms with Gasteiger partial charge in [0.1, 0.15) is 11.6 Å². The summed E-state index contributed by atoms with van der Waals surface area (Å²) in [5.74, 6) is -1.57. The molecule has 0 bridgehead atoms. The van der Waals surface area contributed by atoms with Gasteiger partial charge in [-0.2, -0.15) is 5.10 Å². The Morgan fingerprint density at radius 2 is 1.90 bits per heavy atom. The van der Waals surface area contributed by atoms with Crippen molar-refractivity contribution < 1.29 is 24.0 Å². The first-order chi connectivity index (χ1) is 13.9. The van der Waals surface area contributed by atoms with Crippen molar-refractivity contribution in [3.63, 3.8) is 0 Å². The minimum Gasteiger partial charge on any atom is -0.462 e. The van der Waals surface area contributed by atoms with E-state index in [2.05, 4.69) is 10.1 Å². The molecule has 0 spiro atoms. The van der Waals surface area contributed by atoms with Crippen LogP contribution in [0.4, 0.5) is 5.69 Å². The number of aryl methyl sites for hydroxylation is 1. The summed E-state index contributed by atoms with van der Waals surface area (Å²) < 4.78 is 11.7. The SMILES string of the molecule is CCOC(=O)c1cc(C(=O)OCc2csc(-c3cnn(C)c3)n2)cc([N+](=O)[O-])c1. The van der Waals surface area contributed by atoms with Crippen molar-refractivity contribution in [2.24, 2.45) is 7.05 Å². The number of nitro benzene ring substituents is 1. The molecule has 2 aromatic heterocycles. The predicted molar refractivity (Wildman–Crippen MR) is 102 cm³/mol. The Hall–Kier alpha value is -3.60. The zero-order valence-corrected chi connectivity index (χ0v) is 16.3. The van der Waals surface area contributed by atoms with E-state index in [0.717, 1.165) is 22.7 Å².